The predicted molar refractivity (Wildman–Crippen MR) is 265 cm³/mol. The van der Waals surface area contributed by atoms with Crippen molar-refractivity contribution in [3.05, 3.63) is 193 Å². The molecule has 0 aliphatic heterocycles. The Labute approximate surface area is 402 Å². The van der Waals surface area contributed by atoms with Crippen LogP contribution in [-0.2, 0) is 37.3 Å². The van der Waals surface area contributed by atoms with Gasteiger partial charge in [0.1, 0.15) is 5.82 Å². The standard InChI is InChI=1S/C59H53N5O.Pt/c1-57(2,3)43-26-27-61-56(33-43)64-52-24-20-41(39-16-12-10-13-17-39)28-51(52)50-23-22-48(35-54(50)64)65-49-34-47(36-60-37-49)63-38-62(46-31-44(58(4,5)6)30-45(32-46)59(7,8)9)55-29-42(21-25-53(55)63)40-18-14-11-15-19-40;/h10-33,36-37H,1-9H3;/q-2;. The maximum Gasteiger partial charge on any atom is 0.268 e. The van der Waals surface area contributed by atoms with Crippen molar-refractivity contribution in [3.63, 3.8) is 0 Å². The van der Waals surface area contributed by atoms with Crippen molar-refractivity contribution in [2.24, 2.45) is 0 Å². The smallest absolute Gasteiger partial charge is 0.268 e. The molecule has 0 amide bonds. The molecule has 0 atom stereocenters. The Morgan fingerprint density at radius 3 is 1.79 bits per heavy atom. The molecule has 66 heavy (non-hydrogen) atoms. The fraction of sp³-hybridized carbons (Fsp3) is 0.203. The minimum Gasteiger partial charge on any atom is -0.508 e. The van der Waals surface area contributed by atoms with E-state index in [0.717, 1.165) is 66.6 Å². The van der Waals surface area contributed by atoms with Crippen LogP contribution in [0, 0.1) is 18.5 Å². The van der Waals surface area contributed by atoms with Crippen molar-refractivity contribution in [3.8, 4) is 50.9 Å². The summed E-state index contributed by atoms with van der Waals surface area (Å²) in [6.45, 7) is 20.3. The maximum absolute atomic E-state index is 6.65. The molecule has 10 aromatic rings. The molecular formula is C59H53N5OPt-2. The number of imidazole rings is 1. The molecular weight excluding hydrogens is 990 g/mol. The molecule has 0 aliphatic carbocycles. The summed E-state index contributed by atoms with van der Waals surface area (Å²) in [5, 5.41) is 2.17. The van der Waals surface area contributed by atoms with E-state index in [1.54, 1.807) is 6.20 Å². The van der Waals surface area contributed by atoms with Crippen LogP contribution < -0.4 is 9.30 Å². The van der Waals surface area contributed by atoms with Crippen LogP contribution in [0.5, 0.6) is 11.5 Å². The third-order valence-electron chi connectivity index (χ3n) is 12.4. The molecule has 0 bridgehead atoms. The number of aromatic nitrogens is 5. The first-order chi connectivity index (χ1) is 31.1. The SMILES string of the molecule is CC(C)(C)c1cc(-[n+]2[c-]n(-c3[c-]c(Oc4[c-]c5c(cc4)c4cc(-c6ccccc6)ccc4n5-c4cc(C(C)(C)C)ccn4)cnc3)c3ccc(-c4ccccc4)cc32)cc(C(C)(C)C)c1.[Pt]. The molecule has 7 heteroatoms. The largest absolute Gasteiger partial charge is 0.508 e. The maximum atomic E-state index is 6.65. The van der Waals surface area contributed by atoms with E-state index in [4.69, 9.17) is 14.7 Å². The van der Waals surface area contributed by atoms with Gasteiger partial charge in [-0.15, -0.1) is 23.6 Å². The van der Waals surface area contributed by atoms with Crippen molar-refractivity contribution in [1.29, 1.82) is 0 Å². The molecule has 0 saturated heterocycles. The number of nitrogens with zero attached hydrogens (tertiary/aromatic N) is 5. The predicted octanol–water partition coefficient (Wildman–Crippen LogP) is 14.2. The van der Waals surface area contributed by atoms with Gasteiger partial charge >= 0.3 is 0 Å². The van der Waals surface area contributed by atoms with Crippen molar-refractivity contribution < 1.29 is 30.4 Å². The molecule has 332 valence electrons. The van der Waals surface area contributed by atoms with Crippen LogP contribution in [0.3, 0.4) is 0 Å². The van der Waals surface area contributed by atoms with Crippen LogP contribution >= 0.6 is 0 Å². The molecule has 10 rings (SSSR count). The van der Waals surface area contributed by atoms with Gasteiger partial charge in [0.25, 0.3) is 6.33 Å². The van der Waals surface area contributed by atoms with Gasteiger partial charge in [-0.3, -0.25) is 4.57 Å². The van der Waals surface area contributed by atoms with Crippen molar-refractivity contribution in [1.82, 2.24) is 19.1 Å². The first-order valence-electron chi connectivity index (χ1n) is 22.4. The van der Waals surface area contributed by atoms with Gasteiger partial charge in [-0.2, -0.15) is 6.07 Å². The summed E-state index contributed by atoms with van der Waals surface area (Å²) in [4.78, 5) is 9.62. The van der Waals surface area contributed by atoms with E-state index < -0.39 is 0 Å². The van der Waals surface area contributed by atoms with Crippen LogP contribution in [0.15, 0.2) is 158 Å². The fourth-order valence-corrected chi connectivity index (χ4v) is 8.59. The summed E-state index contributed by atoms with van der Waals surface area (Å²) < 4.78 is 13.1. The van der Waals surface area contributed by atoms with Gasteiger partial charge in [-0.05, 0) is 109 Å². The Morgan fingerprint density at radius 2 is 1.15 bits per heavy atom. The second-order valence-corrected chi connectivity index (χ2v) is 20.2. The molecule has 0 spiro atoms. The average molecular weight is 1040 g/mol. The third kappa shape index (κ3) is 8.51. The number of fused-ring (bicyclic) bond motifs is 4. The summed E-state index contributed by atoms with van der Waals surface area (Å²) in [5.74, 6) is 1.84. The number of hydrogen-bond acceptors (Lipinski definition) is 3. The third-order valence-corrected chi connectivity index (χ3v) is 12.4. The quantitative estimate of drug-likeness (QED) is 0.118. The van der Waals surface area contributed by atoms with E-state index >= 15 is 0 Å². The Bertz CT molecular complexity index is 3370. The summed E-state index contributed by atoms with van der Waals surface area (Å²) in [6.07, 6.45) is 9.15. The van der Waals surface area contributed by atoms with Crippen LogP contribution in [0.2, 0.25) is 0 Å². The van der Waals surface area contributed by atoms with Gasteiger partial charge < -0.3 is 18.9 Å². The number of pyridine rings is 2. The molecule has 6 aromatic carbocycles. The monoisotopic (exact) mass is 1040 g/mol. The van der Waals surface area contributed by atoms with E-state index in [1.807, 2.05) is 29.1 Å². The molecule has 0 fully saturated rings. The molecule has 6 nitrogen and oxygen atoms in total. The number of hydrogen-bond donors (Lipinski definition) is 0. The topological polar surface area (TPSA) is 48.8 Å². The van der Waals surface area contributed by atoms with E-state index in [1.165, 1.54) is 16.7 Å². The Morgan fingerprint density at radius 1 is 0.530 bits per heavy atom. The van der Waals surface area contributed by atoms with Crippen LogP contribution in [0.4, 0.5) is 0 Å². The number of benzene rings is 6. The van der Waals surface area contributed by atoms with Gasteiger partial charge in [0.05, 0.1) is 16.7 Å². The first-order valence-corrected chi connectivity index (χ1v) is 22.4. The molecule has 0 N–H and O–H groups in total. The van der Waals surface area contributed by atoms with Crippen LogP contribution in [0.1, 0.15) is 79.0 Å². The summed E-state index contributed by atoms with van der Waals surface area (Å²) >= 11 is 0. The number of rotatable bonds is 7. The van der Waals surface area contributed by atoms with E-state index in [-0.39, 0.29) is 37.3 Å². The zero-order valence-electron chi connectivity index (χ0n) is 39.0. The first kappa shape index (κ1) is 44.6. The normalized spacial score (nSPS) is 12.2. The zero-order valence-corrected chi connectivity index (χ0v) is 41.2. The molecule has 0 aliphatic rings. The average Bonchev–Trinajstić information content (AvgIpc) is 3.84. The van der Waals surface area contributed by atoms with Gasteiger partial charge in [0, 0.05) is 44.3 Å². The fourth-order valence-electron chi connectivity index (χ4n) is 8.59. The molecule has 0 unspecified atom stereocenters. The van der Waals surface area contributed by atoms with E-state index in [0.29, 0.717) is 17.2 Å². The molecule has 0 radical (unpaired) electrons. The van der Waals surface area contributed by atoms with Crippen molar-refractivity contribution in [2.75, 3.05) is 0 Å². The molecule has 4 heterocycles. The summed E-state index contributed by atoms with van der Waals surface area (Å²) in [7, 11) is 0. The molecule has 0 saturated carbocycles. The van der Waals surface area contributed by atoms with Gasteiger partial charge in [0.2, 0.25) is 0 Å². The van der Waals surface area contributed by atoms with E-state index in [2.05, 4.69) is 217 Å². The number of ether oxygens (including phenoxy) is 1. The Kier molecular flexibility index (Phi) is 11.5. The Hall–Kier alpha value is -6.62. The second-order valence-electron chi connectivity index (χ2n) is 20.2. The van der Waals surface area contributed by atoms with Gasteiger partial charge in [0.15, 0.2) is 0 Å². The summed E-state index contributed by atoms with van der Waals surface area (Å²) in [5.41, 5.74) is 13.8. The van der Waals surface area contributed by atoms with Crippen molar-refractivity contribution in [2.45, 2.75) is 78.6 Å². The molecule has 4 aromatic heterocycles. The van der Waals surface area contributed by atoms with Gasteiger partial charge in [-0.25, -0.2) is 4.98 Å². The van der Waals surface area contributed by atoms with Crippen LogP contribution in [0.25, 0.3) is 72.3 Å². The van der Waals surface area contributed by atoms with Gasteiger partial charge in [-0.1, -0.05) is 165 Å². The minimum atomic E-state index is -0.0556. The zero-order chi connectivity index (χ0) is 45.3. The Balaban J connectivity index is 0.00000548. The van der Waals surface area contributed by atoms with Crippen LogP contribution in [-0.4, -0.2) is 19.1 Å². The second kappa shape index (κ2) is 17.0. The van der Waals surface area contributed by atoms with Crippen molar-refractivity contribution >= 4 is 32.8 Å². The summed E-state index contributed by atoms with van der Waals surface area (Å²) in [6, 6.07) is 56.8. The van der Waals surface area contributed by atoms with E-state index in [9.17, 15) is 0 Å². The minimum absolute atomic E-state index is 0.